The van der Waals surface area contributed by atoms with E-state index in [0.717, 1.165) is 6.42 Å². The van der Waals surface area contributed by atoms with Crippen LogP contribution >= 0.6 is 11.6 Å². The molecule has 0 fully saturated rings. The molecule has 0 radical (unpaired) electrons. The van der Waals surface area contributed by atoms with Gasteiger partial charge in [0, 0.05) is 18.5 Å². The van der Waals surface area contributed by atoms with Gasteiger partial charge in [-0.1, -0.05) is 11.6 Å². The molecule has 1 aliphatic rings. The number of amides is 2. The number of nitrogens with zero attached hydrogens (tertiary/aromatic N) is 5. The Morgan fingerprint density at radius 2 is 2.06 bits per heavy atom. The normalized spacial score (nSPS) is 13.9. The van der Waals surface area contributed by atoms with Crippen molar-refractivity contribution in [2.75, 3.05) is 30.5 Å². The Balaban J connectivity index is 1.54. The van der Waals surface area contributed by atoms with Crippen molar-refractivity contribution in [3.63, 3.8) is 0 Å². The van der Waals surface area contributed by atoms with Crippen LogP contribution in [0.3, 0.4) is 0 Å². The van der Waals surface area contributed by atoms with Gasteiger partial charge in [-0.25, -0.2) is 14.8 Å². The number of fused-ring (bicyclic) bond motifs is 3. The third-order valence-electron chi connectivity index (χ3n) is 4.80. The molecule has 35 heavy (non-hydrogen) atoms. The largest absolute Gasteiger partial charge is 0.491 e. The zero-order valence-electron chi connectivity index (χ0n) is 18.4. The van der Waals surface area contributed by atoms with Gasteiger partial charge in [0.25, 0.3) is 11.8 Å². The number of hydrogen-bond acceptors (Lipinski definition) is 9. The second-order valence-electron chi connectivity index (χ2n) is 7.29. The van der Waals surface area contributed by atoms with E-state index in [1.165, 1.54) is 41.6 Å². The number of ether oxygens (including phenoxy) is 3. The highest BCUT2D eigenvalue weighted by atomic mass is 35.5. The van der Waals surface area contributed by atoms with Crippen molar-refractivity contribution in [2.24, 2.45) is 0 Å². The Hall–Kier alpha value is -4.37. The predicted octanol–water partition coefficient (Wildman–Crippen LogP) is 3.50. The number of carbonyl (C=O) groups is 2. The molecule has 2 bridgehead atoms. The van der Waals surface area contributed by atoms with Crippen LogP contribution in [0.1, 0.15) is 29.8 Å². The molecule has 1 aliphatic heterocycles. The van der Waals surface area contributed by atoms with E-state index in [-0.39, 0.29) is 46.4 Å². The maximum Gasteiger partial charge on any atom is 0.325 e. The fourth-order valence-corrected chi connectivity index (χ4v) is 3.31. The number of urea groups is 1. The van der Waals surface area contributed by atoms with Crippen LogP contribution in [0.15, 0.2) is 37.1 Å². The minimum Gasteiger partial charge on any atom is -0.491 e. The summed E-state index contributed by atoms with van der Waals surface area (Å²) < 4.78 is 18.3. The third kappa shape index (κ3) is 6.15. The first-order valence-corrected chi connectivity index (χ1v) is 11.0. The lowest BCUT2D eigenvalue weighted by molar-refractivity contribution is 0.0837. The van der Waals surface area contributed by atoms with E-state index in [1.54, 1.807) is 0 Å². The summed E-state index contributed by atoms with van der Waals surface area (Å²) >= 11 is 6.35. The molecule has 1 aromatic carbocycles. The molecular weight excluding hydrogens is 478 g/mol. The van der Waals surface area contributed by atoms with E-state index in [2.05, 4.69) is 25.6 Å². The average Bonchev–Trinajstić information content (AvgIpc) is 3.38. The smallest absolute Gasteiger partial charge is 0.325 e. The highest BCUT2D eigenvalue weighted by Crippen LogP contribution is 2.36. The number of benzene rings is 1. The van der Waals surface area contributed by atoms with Gasteiger partial charge >= 0.3 is 6.03 Å². The van der Waals surface area contributed by atoms with Gasteiger partial charge in [0.1, 0.15) is 23.9 Å². The molecule has 0 spiro atoms. The fraction of sp³-hybridized carbons (Fsp3) is 0.273. The summed E-state index contributed by atoms with van der Waals surface area (Å²) in [5.74, 6) is 0.338. The maximum atomic E-state index is 12.6. The number of rotatable bonds is 3. The second-order valence-corrected chi connectivity index (χ2v) is 7.70. The lowest BCUT2D eigenvalue weighted by atomic mass is 10.2. The molecule has 180 valence electrons. The average molecular weight is 498 g/mol. The highest BCUT2D eigenvalue weighted by Gasteiger charge is 2.17. The van der Waals surface area contributed by atoms with E-state index in [1.807, 2.05) is 6.07 Å². The van der Waals surface area contributed by atoms with Crippen LogP contribution in [0, 0.1) is 11.3 Å². The van der Waals surface area contributed by atoms with Gasteiger partial charge in [-0.2, -0.15) is 10.2 Å². The van der Waals surface area contributed by atoms with Crippen molar-refractivity contribution in [1.29, 1.82) is 5.26 Å². The number of halogens is 1. The van der Waals surface area contributed by atoms with Crippen molar-refractivity contribution in [3.8, 4) is 23.4 Å². The first kappa shape index (κ1) is 23.8. The monoisotopic (exact) mass is 497 g/mol. The molecule has 0 unspecified atom stereocenters. The fourth-order valence-electron chi connectivity index (χ4n) is 3.09. The van der Waals surface area contributed by atoms with Crippen LogP contribution in [0.5, 0.6) is 17.4 Å². The number of nitriles is 1. The molecule has 0 aliphatic carbocycles. The molecular formula is C22H20ClN7O5. The molecule has 0 saturated heterocycles. The molecule has 3 heterocycles. The summed E-state index contributed by atoms with van der Waals surface area (Å²) in [4.78, 5) is 36.8. The molecule has 2 N–H and O–H groups in total. The quantitative estimate of drug-likeness (QED) is 0.553. The third-order valence-corrected chi connectivity index (χ3v) is 5.09. The van der Waals surface area contributed by atoms with Crippen molar-refractivity contribution in [1.82, 2.24) is 19.5 Å². The summed E-state index contributed by atoms with van der Waals surface area (Å²) in [7, 11) is 0. The summed E-state index contributed by atoms with van der Waals surface area (Å²) in [6, 6.07) is 4.25. The Bertz CT molecular complexity index is 1260. The molecule has 12 nitrogen and oxygen atoms in total. The summed E-state index contributed by atoms with van der Waals surface area (Å²) in [5.41, 5.74) is 0.313. The Morgan fingerprint density at radius 3 is 2.83 bits per heavy atom. The molecule has 2 aromatic heterocycles. The van der Waals surface area contributed by atoms with Crippen molar-refractivity contribution >= 4 is 35.0 Å². The second kappa shape index (κ2) is 11.2. The standard InChI is InChI=1S/C22H20ClN7O5/c23-14-8-15-18(9-17(14)35-12-20(31)30-5-4-25-13-30)33-6-2-1-3-7-34-21-16(10-24)26-11-19(28-21)29-22(32)27-15/h4-5,8-9,11,13H,1-3,6-7,12H2,(H2,27,28,29,32). The number of carbonyl (C=O) groups excluding carboxylic acids is 2. The van der Waals surface area contributed by atoms with Crippen LogP contribution in [-0.2, 0) is 0 Å². The van der Waals surface area contributed by atoms with Crippen LogP contribution in [0.4, 0.5) is 16.3 Å². The van der Waals surface area contributed by atoms with Crippen LogP contribution in [0.25, 0.3) is 0 Å². The highest BCUT2D eigenvalue weighted by molar-refractivity contribution is 6.32. The van der Waals surface area contributed by atoms with E-state index in [4.69, 9.17) is 25.8 Å². The van der Waals surface area contributed by atoms with Gasteiger partial charge in [-0.05, 0) is 25.3 Å². The summed E-state index contributed by atoms with van der Waals surface area (Å²) in [5, 5.41) is 14.6. The van der Waals surface area contributed by atoms with Gasteiger partial charge < -0.3 is 19.5 Å². The predicted molar refractivity (Wildman–Crippen MR) is 124 cm³/mol. The van der Waals surface area contributed by atoms with Gasteiger partial charge in [0.2, 0.25) is 5.69 Å². The lowest BCUT2D eigenvalue weighted by Gasteiger charge is -2.16. The Labute approximate surface area is 204 Å². The molecule has 0 saturated carbocycles. The minimum atomic E-state index is -0.644. The first-order chi connectivity index (χ1) is 17.0. The number of aromatic nitrogens is 4. The Kier molecular flexibility index (Phi) is 7.59. The first-order valence-electron chi connectivity index (χ1n) is 10.6. The molecule has 13 heteroatoms. The van der Waals surface area contributed by atoms with Crippen molar-refractivity contribution in [3.05, 3.63) is 47.8 Å². The van der Waals surface area contributed by atoms with E-state index >= 15 is 0 Å². The van der Waals surface area contributed by atoms with E-state index < -0.39 is 6.03 Å². The Morgan fingerprint density at radius 1 is 1.23 bits per heavy atom. The number of hydrogen-bond donors (Lipinski definition) is 2. The molecule has 2 amide bonds. The van der Waals surface area contributed by atoms with Gasteiger partial charge in [0.15, 0.2) is 12.4 Å². The van der Waals surface area contributed by atoms with Crippen LogP contribution < -0.4 is 24.8 Å². The zero-order valence-corrected chi connectivity index (χ0v) is 19.1. The maximum absolute atomic E-state index is 12.6. The number of nitrogens with one attached hydrogen (secondary N) is 2. The molecule has 0 atom stereocenters. The van der Waals surface area contributed by atoms with Crippen molar-refractivity contribution in [2.45, 2.75) is 19.3 Å². The van der Waals surface area contributed by atoms with Crippen LogP contribution in [0.2, 0.25) is 5.02 Å². The van der Waals surface area contributed by atoms with E-state index in [0.29, 0.717) is 31.8 Å². The zero-order chi connectivity index (χ0) is 24.6. The number of anilines is 2. The van der Waals surface area contributed by atoms with Crippen molar-refractivity contribution < 1.29 is 23.8 Å². The minimum absolute atomic E-state index is 0.0276. The van der Waals surface area contributed by atoms with Gasteiger partial charge in [0.05, 0.1) is 30.1 Å². The summed E-state index contributed by atoms with van der Waals surface area (Å²) in [6.45, 7) is 0.402. The molecule has 4 rings (SSSR count). The SMILES string of the molecule is N#Cc1ncc2nc1OCCCCCOc1cc(OCC(=O)n3ccnc3)c(Cl)cc1NC(=O)N2. The number of imidazole rings is 1. The van der Waals surface area contributed by atoms with Crippen LogP contribution in [-0.4, -0.2) is 51.3 Å². The summed E-state index contributed by atoms with van der Waals surface area (Å²) in [6.07, 6.45) is 7.80. The van der Waals surface area contributed by atoms with E-state index in [9.17, 15) is 14.9 Å². The van der Waals surface area contributed by atoms with Gasteiger partial charge in [-0.3, -0.25) is 14.7 Å². The molecule has 3 aromatic rings. The topological polar surface area (TPSA) is 153 Å². The van der Waals surface area contributed by atoms with Gasteiger partial charge in [-0.15, -0.1) is 0 Å². The lowest BCUT2D eigenvalue weighted by Crippen LogP contribution is -2.21.